The molecule has 3 rings (SSSR count). The third-order valence-corrected chi connectivity index (χ3v) is 11.3. The van der Waals surface area contributed by atoms with Gasteiger partial charge in [0.25, 0.3) is 5.97 Å². The summed E-state index contributed by atoms with van der Waals surface area (Å²) in [6, 6.07) is 12.7. The summed E-state index contributed by atoms with van der Waals surface area (Å²) >= 11 is 5.81. The Labute approximate surface area is 541 Å². The summed E-state index contributed by atoms with van der Waals surface area (Å²) in [5.41, 5.74) is 6.14. The molecule has 0 aliphatic carbocycles. The minimum absolute atomic E-state index is 0. The van der Waals surface area contributed by atoms with Crippen LogP contribution in [0.5, 0.6) is 34.5 Å². The quantitative estimate of drug-likeness (QED) is 0.00904. The molecule has 476 valence electrons. The van der Waals surface area contributed by atoms with Crippen LogP contribution in [0.15, 0.2) is 54.6 Å². The van der Waals surface area contributed by atoms with Crippen LogP contribution >= 0.6 is 54.7 Å². The zero-order chi connectivity index (χ0) is 63.4. The van der Waals surface area contributed by atoms with Gasteiger partial charge in [-0.15, -0.1) is 12.4 Å². The number of carbonyl (C=O) groups is 5. The van der Waals surface area contributed by atoms with E-state index in [1.54, 1.807) is 77.9 Å². The molecule has 7 N–H and O–H groups in total. The van der Waals surface area contributed by atoms with Crippen LogP contribution in [0.1, 0.15) is 171 Å². The number of unbranched alkanes of at least 4 members (excludes halogenated alkanes) is 6. The Morgan fingerprint density at radius 1 is 0.524 bits per heavy atom. The van der Waals surface area contributed by atoms with Crippen LogP contribution in [0.3, 0.4) is 0 Å². The summed E-state index contributed by atoms with van der Waals surface area (Å²) in [6.07, 6.45) is 10.3. The maximum absolute atomic E-state index is 12.5. The van der Waals surface area contributed by atoms with Gasteiger partial charge in [0.15, 0.2) is 34.5 Å². The average Bonchev–Trinajstić information content (AvgIpc) is 3.44. The van der Waals surface area contributed by atoms with E-state index in [2.05, 4.69) is 80.7 Å². The van der Waals surface area contributed by atoms with E-state index in [0.717, 1.165) is 91.7 Å². The van der Waals surface area contributed by atoms with Gasteiger partial charge in [-0.05, 0) is 163 Å². The van der Waals surface area contributed by atoms with Gasteiger partial charge in [0.1, 0.15) is 23.3 Å². The summed E-state index contributed by atoms with van der Waals surface area (Å²) < 4.78 is 43.2. The van der Waals surface area contributed by atoms with Gasteiger partial charge in [-0.25, -0.2) is 14.4 Å². The van der Waals surface area contributed by atoms with Crippen LogP contribution in [0.25, 0.3) is 0 Å². The van der Waals surface area contributed by atoms with Gasteiger partial charge in [0, 0.05) is 16.0 Å². The molecular weight excluding hydrogens is 1390 g/mol. The van der Waals surface area contributed by atoms with Crippen LogP contribution < -0.4 is 30.6 Å². The van der Waals surface area contributed by atoms with Gasteiger partial charge >= 0.3 is 58.7 Å². The van der Waals surface area contributed by atoms with Crippen molar-refractivity contribution in [3.63, 3.8) is 0 Å². The molecule has 0 spiro atoms. The second-order valence-electron chi connectivity index (χ2n) is 20.8. The number of nitrogens with two attached hydrogens (primary N) is 1. The number of amides is 2. The fraction of sp³-hybridized carbons (Fsp3) is 0.607. The molecule has 0 aromatic heterocycles. The van der Waals surface area contributed by atoms with E-state index in [-0.39, 0.29) is 36.1 Å². The Hall–Kier alpha value is -4.26. The predicted molar refractivity (Wildman–Crippen MR) is 344 cm³/mol. The number of hydrogen-bond donors (Lipinski definition) is 6. The van der Waals surface area contributed by atoms with E-state index < -0.39 is 59.4 Å². The number of benzene rings is 3. The SMILES string of the molecule is CCCCOC(=O)[C@@H](N)Cc1ccc(O)c(OCCCC)c1.CCCCOC(=O)[C@H](Cc1ccc(O)c(OCCCC)c1)NC(=O)OC(C)(C)C.CCCCOc1cc(I)ccc1O.Cl.[CH2-][C@H](NC(=O)OC(C)(C)C)C(=O)OCCCC.[Zn+][I]. The zero-order valence-electron chi connectivity index (χ0n) is 51.9. The van der Waals surface area contributed by atoms with E-state index in [4.69, 9.17) is 43.6 Å². The molecule has 19 nitrogen and oxygen atoms in total. The number of esters is 3. The van der Waals surface area contributed by atoms with Crippen molar-refractivity contribution in [1.82, 2.24) is 10.6 Å². The molecule has 0 fully saturated rings. The van der Waals surface area contributed by atoms with E-state index in [1.807, 2.05) is 32.9 Å². The number of alkyl carbamates (subject to hydrolysis) is 2. The van der Waals surface area contributed by atoms with Gasteiger partial charge in [0.2, 0.25) is 0 Å². The first-order valence-corrected chi connectivity index (χ1v) is 38.7. The molecule has 3 aromatic carbocycles. The van der Waals surface area contributed by atoms with Crippen molar-refractivity contribution in [3.05, 3.63) is 76.2 Å². The van der Waals surface area contributed by atoms with Crippen LogP contribution in [-0.4, -0.2) is 114 Å². The molecule has 0 saturated heterocycles. The normalized spacial score (nSPS) is 11.5. The summed E-state index contributed by atoms with van der Waals surface area (Å²) in [4.78, 5) is 59.1. The number of aromatic hydroxyl groups is 3. The minimum atomic E-state index is -0.943. The Morgan fingerprint density at radius 3 is 1.25 bits per heavy atom. The first-order valence-electron chi connectivity index (χ1n) is 28.6. The van der Waals surface area contributed by atoms with Crippen LogP contribution in [0.4, 0.5) is 9.59 Å². The Morgan fingerprint density at radius 2 is 0.857 bits per heavy atom. The Balaban J connectivity index is -0.00000107. The maximum atomic E-state index is 12.5. The fourth-order valence-electron chi connectivity index (χ4n) is 6.17. The number of carbonyl (C=O) groups excluding carboxylic acids is 5. The Bertz CT molecular complexity index is 2270. The monoisotopic (exact) mass is 1480 g/mol. The van der Waals surface area contributed by atoms with Crippen molar-refractivity contribution in [2.24, 2.45) is 5.73 Å². The number of phenols is 3. The molecule has 0 radical (unpaired) electrons. The second kappa shape index (κ2) is 49.8. The number of phenolic OH excluding ortho intramolecular Hbond substituents is 3. The van der Waals surface area contributed by atoms with Crippen molar-refractivity contribution in [2.75, 3.05) is 39.6 Å². The third kappa shape index (κ3) is 43.4. The van der Waals surface area contributed by atoms with Crippen LogP contribution in [-0.2, 0) is 65.7 Å². The van der Waals surface area contributed by atoms with E-state index in [1.165, 1.54) is 20.9 Å². The molecule has 23 heteroatoms. The summed E-state index contributed by atoms with van der Waals surface area (Å²) in [5, 5.41) is 34.1. The molecule has 84 heavy (non-hydrogen) atoms. The molecule has 2 amide bonds. The number of ether oxygens (including phenoxy) is 8. The molecule has 3 aromatic rings. The molecule has 3 atom stereocenters. The standard InChI is InChI=1S/C22H35NO6.C17H27NO4.C12H22NO4.C10H13IO2.ClH.HI.Zn/c1-6-8-12-27-19-15-16(10-11-18(19)24)14-17(20(25)28-13-9-7-2)23-21(26)29-22(3,4)5;1-3-5-9-21-16-12-13(7-8-15(16)19)11-14(18)17(20)22-10-6-4-2;1-6-7-8-16-10(14)9(2)13-11(15)17-12(3,4)5;1-2-3-6-13-10-7-8(11)4-5-9(10)12;;;/h10-11,15,17,24H,6-9,12-14H2,1-5H3,(H,23,26);7-8,12,14,19H,3-6,9-11,18H2,1-2H3;9H,2,6-8H2,1,3-5H3,(H,13,15);4-5,7,12H,2-3,6H2,1H3;2*1H;/q;;-1;;;;+2/p-1/t17-;14-;9-;;;;/m000..../s1. The van der Waals surface area contributed by atoms with E-state index >= 15 is 0 Å². The van der Waals surface area contributed by atoms with Crippen LogP contribution in [0, 0.1) is 10.5 Å². The van der Waals surface area contributed by atoms with Crippen LogP contribution in [0.2, 0.25) is 0 Å². The third-order valence-electron chi connectivity index (χ3n) is 10.6. The Kier molecular flexibility index (Phi) is 49.8. The molecule has 0 aliphatic heterocycles. The van der Waals surface area contributed by atoms with Crippen molar-refractivity contribution < 1.29 is 92.0 Å². The predicted octanol–water partition coefficient (Wildman–Crippen LogP) is 13.7. The molecule has 0 heterocycles. The van der Waals surface area contributed by atoms with E-state index in [9.17, 15) is 39.3 Å². The number of halogens is 3. The van der Waals surface area contributed by atoms with Gasteiger partial charge in [-0.2, -0.15) is 0 Å². The number of nitrogens with one attached hydrogen (secondary N) is 2. The first-order chi connectivity index (χ1) is 39.2. The summed E-state index contributed by atoms with van der Waals surface area (Å²) in [6.45, 7) is 29.0. The molecular formula is C61H98ClI2N3O16Zn. The summed E-state index contributed by atoms with van der Waals surface area (Å²) in [7, 11) is 0. The topological polar surface area (TPSA) is 270 Å². The average molecular weight is 1480 g/mol. The molecule has 0 aliphatic rings. The number of rotatable bonds is 30. The summed E-state index contributed by atoms with van der Waals surface area (Å²) in [5.74, 6) is 0.247. The molecule has 0 saturated carbocycles. The van der Waals surface area contributed by atoms with Crippen molar-refractivity contribution in [1.29, 1.82) is 0 Å². The van der Waals surface area contributed by atoms with Crippen molar-refractivity contribution >= 4 is 84.8 Å². The van der Waals surface area contributed by atoms with Gasteiger partial charge in [-0.3, -0.25) is 9.59 Å². The molecule has 0 unspecified atom stereocenters. The van der Waals surface area contributed by atoms with E-state index in [0.29, 0.717) is 63.3 Å². The fourth-order valence-corrected chi connectivity index (χ4v) is 6.63. The molecule has 0 bridgehead atoms. The second-order valence-corrected chi connectivity index (χ2v) is 22.0. The first kappa shape index (κ1) is 84.0. The van der Waals surface area contributed by atoms with Gasteiger partial charge < -0.3 is 76.5 Å². The van der Waals surface area contributed by atoms with Crippen molar-refractivity contribution in [3.8, 4) is 34.5 Å². The van der Waals surface area contributed by atoms with Gasteiger partial charge in [-0.1, -0.05) is 92.2 Å². The van der Waals surface area contributed by atoms with Gasteiger partial charge in [0.05, 0.1) is 39.6 Å². The van der Waals surface area contributed by atoms with Crippen molar-refractivity contribution in [2.45, 2.75) is 202 Å². The zero-order valence-corrected chi connectivity index (χ0v) is 60.0. The number of hydrogen-bond acceptors (Lipinski definition) is 17.